The maximum absolute atomic E-state index is 12.8. The minimum atomic E-state index is -4.20. The van der Waals surface area contributed by atoms with E-state index in [1.54, 1.807) is 6.07 Å². The molecule has 1 spiro atoms. The fourth-order valence-electron chi connectivity index (χ4n) is 4.54. The maximum Gasteiger partial charge on any atom is 0.393 e. The van der Waals surface area contributed by atoms with Gasteiger partial charge in [-0.1, -0.05) is 13.8 Å². The molecule has 0 aliphatic carbocycles. The maximum atomic E-state index is 12.8. The highest BCUT2D eigenvalue weighted by Crippen LogP contribution is 2.43. The summed E-state index contributed by atoms with van der Waals surface area (Å²) in [7, 11) is 0. The van der Waals surface area contributed by atoms with E-state index in [4.69, 9.17) is 0 Å². The lowest BCUT2D eigenvalue weighted by molar-refractivity contribution is -0.126. The molecule has 0 bridgehead atoms. The molecule has 8 heteroatoms. The van der Waals surface area contributed by atoms with E-state index in [9.17, 15) is 13.2 Å². The van der Waals surface area contributed by atoms with E-state index in [1.165, 1.54) is 19.2 Å². The lowest BCUT2D eigenvalue weighted by Crippen LogP contribution is -2.31. The molecule has 28 heavy (non-hydrogen) atoms. The van der Waals surface area contributed by atoms with Crippen LogP contribution < -0.4 is 4.90 Å². The highest BCUT2D eigenvalue weighted by atomic mass is 32.1. The predicted molar refractivity (Wildman–Crippen MR) is 107 cm³/mol. The summed E-state index contributed by atoms with van der Waals surface area (Å²) in [5.74, 6) is 1.52. The Morgan fingerprint density at radius 1 is 1.18 bits per heavy atom. The fourth-order valence-corrected chi connectivity index (χ4v) is 5.56. The van der Waals surface area contributed by atoms with Crippen molar-refractivity contribution in [3.8, 4) is 0 Å². The number of halogens is 3. The van der Waals surface area contributed by atoms with E-state index in [2.05, 4.69) is 33.6 Å². The van der Waals surface area contributed by atoms with Crippen molar-refractivity contribution in [1.82, 2.24) is 14.9 Å². The van der Waals surface area contributed by atoms with Crippen LogP contribution in [0.4, 0.5) is 19.0 Å². The molecule has 2 aromatic rings. The van der Waals surface area contributed by atoms with Gasteiger partial charge in [0.15, 0.2) is 0 Å². The molecule has 0 aromatic carbocycles. The Morgan fingerprint density at radius 2 is 1.96 bits per heavy atom. The Balaban J connectivity index is 1.49. The number of aromatic nitrogens is 2. The zero-order chi connectivity index (χ0) is 19.9. The van der Waals surface area contributed by atoms with Gasteiger partial charge >= 0.3 is 6.18 Å². The summed E-state index contributed by atoms with van der Waals surface area (Å²) in [4.78, 5) is 14.5. The molecule has 0 amide bonds. The number of nitrogens with zero attached hydrogens (tertiary/aromatic N) is 4. The van der Waals surface area contributed by atoms with E-state index >= 15 is 0 Å². The van der Waals surface area contributed by atoms with Gasteiger partial charge in [0.2, 0.25) is 0 Å². The molecule has 2 aliphatic heterocycles. The first-order valence-electron chi connectivity index (χ1n) is 10.0. The summed E-state index contributed by atoms with van der Waals surface area (Å²) in [5.41, 5.74) is 0.291. The van der Waals surface area contributed by atoms with Crippen LogP contribution in [0.2, 0.25) is 0 Å². The van der Waals surface area contributed by atoms with Crippen LogP contribution in [0, 0.1) is 11.3 Å². The number of fused-ring (bicyclic) bond motifs is 1. The molecule has 2 saturated heterocycles. The first kappa shape index (κ1) is 19.9. The zero-order valence-corrected chi connectivity index (χ0v) is 17.2. The average molecular weight is 413 g/mol. The third kappa shape index (κ3) is 4.27. The standard InChI is InChI=1S/C20H27F3N4S/c1-14(2)3-6-26-7-4-19(11-26)5-8-27(12-19)17-16-9-15(10-20(21,22)23)28-18(16)25-13-24-17/h9,13-14H,3-8,10-12H2,1-2H3/t19-/m0/s1. The molecular weight excluding hydrogens is 385 g/mol. The molecule has 0 saturated carbocycles. The first-order chi connectivity index (χ1) is 13.2. The van der Waals surface area contributed by atoms with Gasteiger partial charge in [-0.15, -0.1) is 11.3 Å². The highest BCUT2D eigenvalue weighted by Gasteiger charge is 2.44. The van der Waals surface area contributed by atoms with Crippen LogP contribution in [0.15, 0.2) is 12.4 Å². The van der Waals surface area contributed by atoms with Crippen molar-refractivity contribution in [2.24, 2.45) is 11.3 Å². The molecule has 4 heterocycles. The minimum absolute atomic E-state index is 0.291. The van der Waals surface area contributed by atoms with Crippen LogP contribution in [0.5, 0.6) is 0 Å². The van der Waals surface area contributed by atoms with Crippen molar-refractivity contribution in [1.29, 1.82) is 0 Å². The third-order valence-corrected chi connectivity index (χ3v) is 7.06. The Bertz CT molecular complexity index is 834. The average Bonchev–Trinajstić information content (AvgIpc) is 3.30. The second-order valence-corrected chi connectivity index (χ2v) is 9.92. The first-order valence-corrected chi connectivity index (χ1v) is 10.8. The zero-order valence-electron chi connectivity index (χ0n) is 16.4. The Morgan fingerprint density at radius 3 is 2.71 bits per heavy atom. The number of alkyl halides is 3. The highest BCUT2D eigenvalue weighted by molar-refractivity contribution is 7.18. The van der Waals surface area contributed by atoms with Gasteiger partial charge in [-0.3, -0.25) is 0 Å². The third-order valence-electron chi connectivity index (χ3n) is 6.01. The van der Waals surface area contributed by atoms with Gasteiger partial charge in [0, 0.05) is 29.9 Å². The van der Waals surface area contributed by atoms with Crippen LogP contribution >= 0.6 is 11.3 Å². The fraction of sp³-hybridized carbons (Fsp3) is 0.700. The second kappa shape index (κ2) is 7.44. The van der Waals surface area contributed by atoms with E-state index in [1.807, 2.05) is 0 Å². The molecule has 2 aliphatic rings. The van der Waals surface area contributed by atoms with Gasteiger partial charge in [0.1, 0.15) is 17.0 Å². The van der Waals surface area contributed by atoms with Gasteiger partial charge in [0.25, 0.3) is 0 Å². The molecule has 4 rings (SSSR count). The Kier molecular flexibility index (Phi) is 5.29. The molecular formula is C20H27F3N4S. The van der Waals surface area contributed by atoms with E-state index in [0.29, 0.717) is 15.1 Å². The molecule has 0 N–H and O–H groups in total. The quantitative estimate of drug-likeness (QED) is 0.710. The van der Waals surface area contributed by atoms with Crippen molar-refractivity contribution in [2.75, 3.05) is 37.6 Å². The van der Waals surface area contributed by atoms with Crippen molar-refractivity contribution in [2.45, 2.75) is 45.7 Å². The number of hydrogen-bond donors (Lipinski definition) is 0. The Hall–Kier alpha value is -1.41. The van der Waals surface area contributed by atoms with E-state index in [-0.39, 0.29) is 0 Å². The largest absolute Gasteiger partial charge is 0.393 e. The molecule has 4 nitrogen and oxygen atoms in total. The van der Waals surface area contributed by atoms with Gasteiger partial charge in [-0.2, -0.15) is 13.2 Å². The number of anilines is 1. The summed E-state index contributed by atoms with van der Waals surface area (Å²) >= 11 is 1.12. The van der Waals surface area contributed by atoms with Gasteiger partial charge in [-0.05, 0) is 44.3 Å². The summed E-state index contributed by atoms with van der Waals surface area (Å²) in [6, 6.07) is 1.64. The van der Waals surface area contributed by atoms with Gasteiger partial charge in [0.05, 0.1) is 11.8 Å². The summed E-state index contributed by atoms with van der Waals surface area (Å²) in [5, 5.41) is 0.762. The topological polar surface area (TPSA) is 32.3 Å². The predicted octanol–water partition coefficient (Wildman–Crippen LogP) is 4.74. The normalized spacial score (nSPS) is 23.7. The van der Waals surface area contributed by atoms with Crippen LogP contribution in [-0.2, 0) is 6.42 Å². The molecule has 0 unspecified atom stereocenters. The SMILES string of the molecule is CC(C)CCN1CC[C@]2(CCN(c3ncnc4sc(CC(F)(F)F)cc34)C2)C1. The van der Waals surface area contributed by atoms with Crippen LogP contribution in [0.3, 0.4) is 0 Å². The van der Waals surface area contributed by atoms with Crippen LogP contribution in [-0.4, -0.2) is 53.8 Å². The summed E-state index contributed by atoms with van der Waals surface area (Å²) < 4.78 is 38.3. The molecule has 154 valence electrons. The monoisotopic (exact) mass is 412 g/mol. The van der Waals surface area contributed by atoms with Gasteiger partial charge in [-0.25, -0.2) is 9.97 Å². The van der Waals surface area contributed by atoms with Crippen LogP contribution in [0.1, 0.15) is 38.0 Å². The number of hydrogen-bond acceptors (Lipinski definition) is 5. The molecule has 0 radical (unpaired) electrons. The summed E-state index contributed by atoms with van der Waals surface area (Å²) in [6.07, 6.45) is -0.0734. The summed E-state index contributed by atoms with van der Waals surface area (Å²) in [6.45, 7) is 9.79. The van der Waals surface area contributed by atoms with Crippen molar-refractivity contribution in [3.63, 3.8) is 0 Å². The smallest absolute Gasteiger partial charge is 0.355 e. The lowest BCUT2D eigenvalue weighted by atomic mass is 9.86. The number of thiophene rings is 1. The Labute approximate surface area is 167 Å². The molecule has 1 atom stereocenters. The number of rotatable bonds is 5. The van der Waals surface area contributed by atoms with Crippen molar-refractivity contribution >= 4 is 27.4 Å². The van der Waals surface area contributed by atoms with E-state index < -0.39 is 12.6 Å². The van der Waals surface area contributed by atoms with Gasteiger partial charge < -0.3 is 9.80 Å². The minimum Gasteiger partial charge on any atom is -0.355 e. The number of likely N-dealkylation sites (tertiary alicyclic amines) is 1. The second-order valence-electron chi connectivity index (χ2n) is 8.80. The van der Waals surface area contributed by atoms with E-state index in [0.717, 1.165) is 67.6 Å². The van der Waals surface area contributed by atoms with Crippen molar-refractivity contribution < 1.29 is 13.2 Å². The lowest BCUT2D eigenvalue weighted by Gasteiger charge is -2.25. The molecule has 2 aromatic heterocycles. The molecule has 2 fully saturated rings. The van der Waals surface area contributed by atoms with Crippen LogP contribution in [0.25, 0.3) is 10.2 Å². The van der Waals surface area contributed by atoms with Crippen molar-refractivity contribution in [3.05, 3.63) is 17.3 Å².